The van der Waals surface area contributed by atoms with Gasteiger partial charge in [0, 0.05) is 25.8 Å². The average molecular weight is 284 g/mol. The van der Waals surface area contributed by atoms with Crippen LogP contribution in [0, 0.1) is 0 Å². The minimum atomic E-state index is -1.03. The molecule has 1 saturated heterocycles. The maximum absolute atomic E-state index is 11.1. The van der Waals surface area contributed by atoms with E-state index in [1.165, 1.54) is 18.7 Å². The van der Waals surface area contributed by atoms with Crippen LogP contribution in [0.3, 0.4) is 0 Å². The monoisotopic (exact) mass is 283 g/mol. The Labute approximate surface area is 117 Å². The number of hydrogen-bond acceptors (Lipinski definition) is 4. The first-order valence-electron chi connectivity index (χ1n) is 6.30. The Kier molecular flexibility index (Phi) is 4.27. The highest BCUT2D eigenvalue weighted by Gasteiger charge is 2.24. The van der Waals surface area contributed by atoms with Crippen LogP contribution in [0.4, 0.5) is 5.82 Å². The molecule has 1 aliphatic rings. The average Bonchev–Trinajstić information content (AvgIpc) is 2.74. The fourth-order valence-corrected chi connectivity index (χ4v) is 2.81. The Hall–Kier alpha value is -1.33. The zero-order chi connectivity index (χ0) is 14.0. The number of nitrogens with zero attached hydrogens (tertiary/aromatic N) is 3. The molecular formula is C13H18ClN3O2. The van der Waals surface area contributed by atoms with E-state index in [4.69, 9.17) is 16.7 Å². The molecule has 0 aromatic carbocycles. The van der Waals surface area contributed by atoms with Gasteiger partial charge in [-0.25, -0.2) is 9.78 Å². The zero-order valence-electron chi connectivity index (χ0n) is 11.1. The van der Waals surface area contributed by atoms with Crippen molar-refractivity contribution in [2.24, 2.45) is 0 Å². The third-order valence-electron chi connectivity index (χ3n) is 3.62. The smallest absolute Gasteiger partial charge is 0.337 e. The normalized spacial score (nSPS) is 19.6. The van der Waals surface area contributed by atoms with Gasteiger partial charge in [0.25, 0.3) is 0 Å². The predicted octanol–water partition coefficient (Wildman–Crippen LogP) is 1.96. The number of carboxylic acid groups (broad SMARTS) is 1. The van der Waals surface area contributed by atoms with Gasteiger partial charge < -0.3 is 14.9 Å². The van der Waals surface area contributed by atoms with E-state index in [1.54, 1.807) is 0 Å². The van der Waals surface area contributed by atoms with Crippen LogP contribution in [0.25, 0.3) is 0 Å². The van der Waals surface area contributed by atoms with Crippen molar-refractivity contribution < 1.29 is 9.90 Å². The fraction of sp³-hybridized carbons (Fsp3) is 0.538. The summed E-state index contributed by atoms with van der Waals surface area (Å²) >= 11 is 6.12. The highest BCUT2D eigenvalue weighted by molar-refractivity contribution is 6.35. The first-order valence-corrected chi connectivity index (χ1v) is 6.67. The molecule has 1 N–H and O–H groups in total. The summed E-state index contributed by atoms with van der Waals surface area (Å²) in [5.41, 5.74) is 0.0956. The van der Waals surface area contributed by atoms with E-state index < -0.39 is 5.97 Å². The van der Waals surface area contributed by atoms with Crippen molar-refractivity contribution in [1.29, 1.82) is 0 Å². The van der Waals surface area contributed by atoms with E-state index in [1.807, 2.05) is 11.9 Å². The largest absolute Gasteiger partial charge is 0.478 e. The summed E-state index contributed by atoms with van der Waals surface area (Å²) < 4.78 is 0. The van der Waals surface area contributed by atoms with Gasteiger partial charge >= 0.3 is 5.97 Å². The standard InChI is InChI=1S/C13H18ClN3O2/c1-16-7-3-4-9(16)8-17(2)12-11(14)10(13(18)19)5-6-15-12/h5-6,9H,3-4,7-8H2,1-2H3,(H,18,19). The quantitative estimate of drug-likeness (QED) is 0.915. The number of hydrogen-bond donors (Lipinski definition) is 1. The summed E-state index contributed by atoms with van der Waals surface area (Å²) in [6.07, 6.45) is 3.84. The van der Waals surface area contributed by atoms with Gasteiger partial charge in [-0.2, -0.15) is 0 Å². The van der Waals surface area contributed by atoms with Gasteiger partial charge in [-0.1, -0.05) is 11.6 Å². The Balaban J connectivity index is 2.17. The summed E-state index contributed by atoms with van der Waals surface area (Å²) in [5, 5.41) is 9.27. The third kappa shape index (κ3) is 2.98. The van der Waals surface area contributed by atoms with E-state index in [2.05, 4.69) is 16.9 Å². The van der Waals surface area contributed by atoms with Crippen LogP contribution in [0.2, 0.25) is 5.02 Å². The molecule has 6 heteroatoms. The van der Waals surface area contributed by atoms with Crippen LogP contribution in [0.5, 0.6) is 0 Å². The van der Waals surface area contributed by atoms with Crippen molar-refractivity contribution in [1.82, 2.24) is 9.88 Å². The second kappa shape index (κ2) is 5.75. The van der Waals surface area contributed by atoms with E-state index in [0.717, 1.165) is 19.5 Å². The third-order valence-corrected chi connectivity index (χ3v) is 3.99. The van der Waals surface area contributed by atoms with Gasteiger partial charge in [0.15, 0.2) is 0 Å². The molecule has 19 heavy (non-hydrogen) atoms. The number of likely N-dealkylation sites (tertiary alicyclic amines) is 1. The van der Waals surface area contributed by atoms with Crippen molar-refractivity contribution in [2.75, 3.05) is 32.1 Å². The number of carbonyl (C=O) groups is 1. The predicted molar refractivity (Wildman–Crippen MR) is 75.1 cm³/mol. The zero-order valence-corrected chi connectivity index (χ0v) is 11.9. The molecule has 1 aromatic heterocycles. The number of halogens is 1. The lowest BCUT2D eigenvalue weighted by Gasteiger charge is -2.27. The van der Waals surface area contributed by atoms with Crippen molar-refractivity contribution in [3.8, 4) is 0 Å². The molecule has 1 fully saturated rings. The lowest BCUT2D eigenvalue weighted by molar-refractivity contribution is 0.0697. The number of pyridine rings is 1. The number of aromatic carboxylic acids is 1. The second-order valence-electron chi connectivity index (χ2n) is 4.96. The molecule has 0 amide bonds. The van der Waals surface area contributed by atoms with Crippen LogP contribution in [-0.4, -0.2) is 54.2 Å². The Morgan fingerprint density at radius 1 is 1.68 bits per heavy atom. The van der Waals surface area contributed by atoms with Gasteiger partial charge in [0.05, 0.1) is 10.6 Å². The van der Waals surface area contributed by atoms with Crippen molar-refractivity contribution >= 4 is 23.4 Å². The molecule has 1 unspecified atom stereocenters. The van der Waals surface area contributed by atoms with Crippen LogP contribution in [0.15, 0.2) is 12.3 Å². The van der Waals surface area contributed by atoms with Crippen molar-refractivity contribution in [2.45, 2.75) is 18.9 Å². The summed E-state index contributed by atoms with van der Waals surface area (Å²) in [5.74, 6) is -0.498. The topological polar surface area (TPSA) is 56.7 Å². The Morgan fingerprint density at radius 2 is 2.42 bits per heavy atom. The summed E-state index contributed by atoms with van der Waals surface area (Å²) in [7, 11) is 4.00. The van der Waals surface area contributed by atoms with Gasteiger partial charge in [0.2, 0.25) is 0 Å². The Bertz CT molecular complexity index is 481. The molecule has 0 radical (unpaired) electrons. The molecule has 1 atom stereocenters. The maximum atomic E-state index is 11.1. The van der Waals surface area contributed by atoms with Crippen molar-refractivity contribution in [3.05, 3.63) is 22.8 Å². The van der Waals surface area contributed by atoms with E-state index in [0.29, 0.717) is 11.9 Å². The van der Waals surface area contributed by atoms with Gasteiger partial charge in [-0.3, -0.25) is 0 Å². The number of carboxylic acids is 1. The molecule has 1 aliphatic heterocycles. The van der Waals surface area contributed by atoms with E-state index in [-0.39, 0.29) is 10.6 Å². The first-order chi connectivity index (χ1) is 9.00. The van der Waals surface area contributed by atoms with Crippen molar-refractivity contribution in [3.63, 3.8) is 0 Å². The molecular weight excluding hydrogens is 266 g/mol. The summed E-state index contributed by atoms with van der Waals surface area (Å²) in [6, 6.07) is 1.89. The molecule has 0 saturated carbocycles. The maximum Gasteiger partial charge on any atom is 0.337 e. The fourth-order valence-electron chi connectivity index (χ4n) is 2.48. The van der Waals surface area contributed by atoms with Crippen LogP contribution < -0.4 is 4.90 Å². The lowest BCUT2D eigenvalue weighted by Crippen LogP contribution is -2.37. The highest BCUT2D eigenvalue weighted by atomic mass is 35.5. The molecule has 0 aliphatic carbocycles. The lowest BCUT2D eigenvalue weighted by atomic mass is 10.2. The van der Waals surface area contributed by atoms with Crippen LogP contribution in [0.1, 0.15) is 23.2 Å². The van der Waals surface area contributed by atoms with Crippen LogP contribution >= 0.6 is 11.6 Å². The first kappa shape index (κ1) is 14.1. The summed E-state index contributed by atoms with van der Waals surface area (Å²) in [4.78, 5) is 19.5. The molecule has 2 heterocycles. The molecule has 104 valence electrons. The number of rotatable bonds is 4. The number of anilines is 1. The number of aromatic nitrogens is 1. The molecule has 5 nitrogen and oxygen atoms in total. The van der Waals surface area contributed by atoms with Gasteiger partial charge in [-0.05, 0) is 32.5 Å². The molecule has 2 rings (SSSR count). The minimum absolute atomic E-state index is 0.0956. The van der Waals surface area contributed by atoms with Crippen LogP contribution in [-0.2, 0) is 0 Å². The molecule has 1 aromatic rings. The van der Waals surface area contributed by atoms with E-state index in [9.17, 15) is 4.79 Å². The minimum Gasteiger partial charge on any atom is -0.478 e. The molecule has 0 spiro atoms. The second-order valence-corrected chi connectivity index (χ2v) is 5.34. The SMILES string of the molecule is CN(CC1CCCN1C)c1nccc(C(=O)O)c1Cl. The van der Waals surface area contributed by atoms with Gasteiger partial charge in [0.1, 0.15) is 5.82 Å². The van der Waals surface area contributed by atoms with E-state index >= 15 is 0 Å². The number of likely N-dealkylation sites (N-methyl/N-ethyl adjacent to an activating group) is 2. The molecule has 0 bridgehead atoms. The van der Waals surface area contributed by atoms with Gasteiger partial charge in [-0.15, -0.1) is 0 Å². The Morgan fingerprint density at radius 3 is 3.00 bits per heavy atom. The summed E-state index contributed by atoms with van der Waals surface area (Å²) in [6.45, 7) is 1.90. The highest BCUT2D eigenvalue weighted by Crippen LogP contribution is 2.27.